The Labute approximate surface area is 46.9 Å². The number of hydrogen-bond donors (Lipinski definition) is 1. The van der Waals surface area contributed by atoms with E-state index in [2.05, 4.69) is 5.32 Å². The second kappa shape index (κ2) is 6.02. The Morgan fingerprint density at radius 2 is 2.14 bits per heavy atom. The summed E-state index contributed by atoms with van der Waals surface area (Å²) in [4.78, 5) is 0. The van der Waals surface area contributed by atoms with Crippen LogP contribution in [0, 0.1) is 0 Å². The Kier molecular flexibility index (Phi) is 6.05. The third-order valence-corrected chi connectivity index (χ3v) is 0.881. The normalized spacial score (nSPS) is 9.29. The zero-order valence-electron chi connectivity index (χ0n) is 4.91. The minimum Gasteiger partial charge on any atom is -0.320 e. The average molecular weight is 97.0 g/mol. The summed E-state index contributed by atoms with van der Waals surface area (Å²) in [5, 5.41) is 3.05. The van der Waals surface area contributed by atoms with Gasteiger partial charge in [0.15, 0.2) is 0 Å². The van der Waals surface area contributed by atoms with E-state index in [1.807, 2.05) is 7.05 Å². The van der Waals surface area contributed by atoms with Crippen molar-refractivity contribution < 1.29 is 0 Å². The molecule has 7 heavy (non-hydrogen) atoms. The van der Waals surface area contributed by atoms with Crippen LogP contribution in [0.25, 0.3) is 0 Å². The van der Waals surface area contributed by atoms with Gasteiger partial charge in [-0.3, -0.25) is 0 Å². The Hall–Kier alpha value is 0.0249. The van der Waals surface area contributed by atoms with Crippen LogP contribution >= 0.6 is 0 Å². The molecule has 0 rings (SSSR count). The molecular formula is C5H12BN. The van der Waals surface area contributed by atoms with Crippen LogP contribution in [0.4, 0.5) is 0 Å². The molecule has 0 fully saturated rings. The standard InChI is InChI=1S/C5H12BN/c1-7-5-3-2-4-6/h7H,2-5H2,1H3. The highest BCUT2D eigenvalue weighted by atomic mass is 14.8. The first kappa shape index (κ1) is 7.02. The molecule has 2 radical (unpaired) electrons. The van der Waals surface area contributed by atoms with Crippen LogP contribution in [-0.4, -0.2) is 21.4 Å². The molecule has 2 heteroatoms. The van der Waals surface area contributed by atoms with E-state index < -0.39 is 0 Å². The van der Waals surface area contributed by atoms with Crippen molar-refractivity contribution >= 4 is 7.85 Å². The van der Waals surface area contributed by atoms with Crippen LogP contribution in [0.1, 0.15) is 12.8 Å². The fourth-order valence-electron chi connectivity index (χ4n) is 0.446. The molecule has 0 aliphatic rings. The van der Waals surface area contributed by atoms with Gasteiger partial charge in [0, 0.05) is 0 Å². The van der Waals surface area contributed by atoms with Gasteiger partial charge in [-0.1, -0.05) is 12.7 Å². The van der Waals surface area contributed by atoms with Crippen LogP contribution < -0.4 is 5.32 Å². The Balaban J connectivity index is 2.45. The van der Waals surface area contributed by atoms with E-state index >= 15 is 0 Å². The summed E-state index contributed by atoms with van der Waals surface area (Å²) < 4.78 is 0. The maximum Gasteiger partial charge on any atom is 0.0653 e. The van der Waals surface area contributed by atoms with Gasteiger partial charge in [-0.2, -0.15) is 0 Å². The van der Waals surface area contributed by atoms with E-state index in [0.717, 1.165) is 19.3 Å². The summed E-state index contributed by atoms with van der Waals surface area (Å²) in [7, 11) is 7.20. The third kappa shape index (κ3) is 6.02. The van der Waals surface area contributed by atoms with Gasteiger partial charge in [0.25, 0.3) is 0 Å². The molecule has 0 saturated carbocycles. The summed E-state index contributed by atoms with van der Waals surface area (Å²) in [6.45, 7) is 1.09. The fourth-order valence-corrected chi connectivity index (χ4v) is 0.446. The highest BCUT2D eigenvalue weighted by Crippen LogP contribution is 1.88. The van der Waals surface area contributed by atoms with Crippen LogP contribution in [-0.2, 0) is 0 Å². The molecule has 0 aromatic carbocycles. The monoisotopic (exact) mass is 97.1 g/mol. The van der Waals surface area contributed by atoms with E-state index in [1.54, 1.807) is 0 Å². The highest BCUT2D eigenvalue weighted by molar-refractivity contribution is 6.08. The summed E-state index contributed by atoms with van der Waals surface area (Å²) in [5.41, 5.74) is 0. The molecule has 0 heterocycles. The summed E-state index contributed by atoms with van der Waals surface area (Å²) in [6.07, 6.45) is 3.16. The molecule has 0 spiro atoms. The van der Waals surface area contributed by atoms with Crippen molar-refractivity contribution in [1.82, 2.24) is 5.32 Å². The molecule has 40 valence electrons. The molecule has 1 nitrogen and oxygen atoms in total. The molecule has 0 bridgehead atoms. The number of nitrogens with one attached hydrogen (secondary N) is 1. The number of hydrogen-bond acceptors (Lipinski definition) is 1. The van der Waals surface area contributed by atoms with Crippen LogP contribution in [0.3, 0.4) is 0 Å². The van der Waals surface area contributed by atoms with E-state index in [9.17, 15) is 0 Å². The first-order valence-corrected chi connectivity index (χ1v) is 2.76. The maximum atomic E-state index is 5.24. The van der Waals surface area contributed by atoms with Gasteiger partial charge in [-0.15, -0.1) is 0 Å². The van der Waals surface area contributed by atoms with E-state index in [0.29, 0.717) is 0 Å². The Morgan fingerprint density at radius 1 is 1.43 bits per heavy atom. The lowest BCUT2D eigenvalue weighted by Gasteiger charge is -1.93. The first-order valence-electron chi connectivity index (χ1n) is 2.76. The van der Waals surface area contributed by atoms with Gasteiger partial charge in [0.2, 0.25) is 0 Å². The molecule has 0 aliphatic carbocycles. The zero-order valence-corrected chi connectivity index (χ0v) is 4.91. The molecule has 0 saturated heterocycles. The predicted octanol–water partition coefficient (Wildman–Crippen LogP) is 0.573. The molecule has 0 aliphatic heterocycles. The lowest BCUT2D eigenvalue weighted by atomic mass is 10.0. The zero-order chi connectivity index (χ0) is 5.54. The van der Waals surface area contributed by atoms with Crippen LogP contribution in [0.2, 0.25) is 6.32 Å². The van der Waals surface area contributed by atoms with Crippen molar-refractivity contribution in [2.45, 2.75) is 19.2 Å². The molecule has 0 aromatic rings. The van der Waals surface area contributed by atoms with E-state index in [1.165, 1.54) is 6.42 Å². The lowest BCUT2D eigenvalue weighted by Crippen LogP contribution is -2.06. The summed E-state index contributed by atoms with van der Waals surface area (Å²) in [5.74, 6) is 0. The van der Waals surface area contributed by atoms with Gasteiger partial charge < -0.3 is 5.32 Å². The topological polar surface area (TPSA) is 12.0 Å². The third-order valence-electron chi connectivity index (χ3n) is 0.881. The maximum absolute atomic E-state index is 5.24. The van der Waals surface area contributed by atoms with Crippen molar-refractivity contribution in [3.63, 3.8) is 0 Å². The SMILES string of the molecule is [B]CCCCNC. The van der Waals surface area contributed by atoms with Crippen LogP contribution in [0.5, 0.6) is 0 Å². The van der Waals surface area contributed by atoms with Gasteiger partial charge in [0.05, 0.1) is 7.85 Å². The smallest absolute Gasteiger partial charge is 0.0653 e. The minimum atomic E-state index is 0.821. The Bertz CT molecular complexity index is 27.3. The highest BCUT2D eigenvalue weighted by Gasteiger charge is 1.78. The van der Waals surface area contributed by atoms with Gasteiger partial charge >= 0.3 is 0 Å². The van der Waals surface area contributed by atoms with Gasteiger partial charge in [-0.25, -0.2) is 0 Å². The largest absolute Gasteiger partial charge is 0.320 e. The average Bonchev–Trinajstić information content (AvgIpc) is 1.69. The predicted molar refractivity (Wildman–Crippen MR) is 33.7 cm³/mol. The van der Waals surface area contributed by atoms with E-state index in [-0.39, 0.29) is 0 Å². The molecule has 0 aromatic heterocycles. The number of rotatable bonds is 4. The molecule has 0 unspecified atom stereocenters. The van der Waals surface area contributed by atoms with Crippen molar-refractivity contribution in [1.29, 1.82) is 0 Å². The molecule has 0 amide bonds. The fraction of sp³-hybridized carbons (Fsp3) is 1.00. The quantitative estimate of drug-likeness (QED) is 0.399. The van der Waals surface area contributed by atoms with Crippen LogP contribution in [0.15, 0.2) is 0 Å². The molecular weight excluding hydrogens is 84.9 g/mol. The van der Waals surface area contributed by atoms with Crippen molar-refractivity contribution in [3.05, 3.63) is 0 Å². The van der Waals surface area contributed by atoms with Crippen molar-refractivity contribution in [2.75, 3.05) is 13.6 Å². The lowest BCUT2D eigenvalue weighted by molar-refractivity contribution is 0.710. The second-order valence-corrected chi connectivity index (χ2v) is 1.60. The van der Waals surface area contributed by atoms with E-state index in [4.69, 9.17) is 7.85 Å². The molecule has 0 atom stereocenters. The summed E-state index contributed by atoms with van der Waals surface area (Å²) >= 11 is 0. The summed E-state index contributed by atoms with van der Waals surface area (Å²) in [6, 6.07) is 0. The van der Waals surface area contributed by atoms with Crippen molar-refractivity contribution in [3.8, 4) is 0 Å². The second-order valence-electron chi connectivity index (χ2n) is 1.60. The number of unbranched alkanes of at least 4 members (excludes halogenated alkanes) is 1. The van der Waals surface area contributed by atoms with Gasteiger partial charge in [-0.05, 0) is 20.0 Å². The minimum absolute atomic E-state index is 0.821. The first-order chi connectivity index (χ1) is 3.41. The Morgan fingerprint density at radius 3 is 2.57 bits per heavy atom. The molecule has 1 N–H and O–H groups in total. The van der Waals surface area contributed by atoms with Gasteiger partial charge in [0.1, 0.15) is 0 Å². The van der Waals surface area contributed by atoms with Crippen molar-refractivity contribution in [2.24, 2.45) is 0 Å².